The van der Waals surface area contributed by atoms with Crippen LogP contribution in [0.3, 0.4) is 0 Å². The molecule has 1 atom stereocenters. The number of anilines is 1. The zero-order chi connectivity index (χ0) is 18.4. The first-order chi connectivity index (χ1) is 10.8. The summed E-state index contributed by atoms with van der Waals surface area (Å²) in [4.78, 5) is 2.94. The molecule has 1 unspecified atom stereocenters. The fourth-order valence-electron chi connectivity index (χ4n) is 1.93. The summed E-state index contributed by atoms with van der Waals surface area (Å²) >= 11 is 3.44. The van der Waals surface area contributed by atoms with Crippen molar-refractivity contribution in [3.63, 3.8) is 0 Å². The molecule has 1 heterocycles. The molecule has 0 saturated heterocycles. The first kappa shape index (κ1) is 18.4. The van der Waals surface area contributed by atoms with Crippen molar-refractivity contribution in [2.24, 2.45) is 0 Å². The Morgan fingerprint density at radius 1 is 1.17 bits per heavy atom. The molecule has 2 rings (SSSR count). The molecule has 0 spiro atoms. The van der Waals surface area contributed by atoms with Gasteiger partial charge >= 0.3 is 12.4 Å². The minimum Gasteiger partial charge on any atom is -0.368 e. The Morgan fingerprint density at radius 2 is 1.75 bits per heavy atom. The molecule has 24 heavy (non-hydrogen) atoms. The van der Waals surface area contributed by atoms with Crippen LogP contribution in [0.5, 0.6) is 0 Å². The second kappa shape index (κ2) is 5.83. The first-order valence-electron chi connectivity index (χ1n) is 6.17. The third-order valence-electron chi connectivity index (χ3n) is 3.05. The average Bonchev–Trinajstić information content (AvgIpc) is 2.79. The number of alkyl halides is 6. The van der Waals surface area contributed by atoms with Crippen LogP contribution in [0.2, 0.25) is 0 Å². The predicted molar refractivity (Wildman–Crippen MR) is 73.3 cm³/mol. The van der Waals surface area contributed by atoms with Crippen LogP contribution in [0.4, 0.5) is 36.7 Å². The van der Waals surface area contributed by atoms with Crippen molar-refractivity contribution in [3.8, 4) is 5.69 Å². The highest BCUT2D eigenvalue weighted by atomic mass is 32.1. The van der Waals surface area contributed by atoms with Gasteiger partial charge in [-0.25, -0.2) is 4.39 Å². The van der Waals surface area contributed by atoms with Crippen molar-refractivity contribution < 1.29 is 30.7 Å². The van der Waals surface area contributed by atoms with Crippen molar-refractivity contribution in [1.29, 1.82) is 0 Å². The number of halogens is 7. The van der Waals surface area contributed by atoms with E-state index in [1.54, 1.807) is 0 Å². The molecule has 0 aliphatic carbocycles. The Balaban J connectivity index is 2.62. The van der Waals surface area contributed by atoms with E-state index in [0.717, 1.165) is 6.07 Å². The monoisotopic (exact) mass is 374 g/mol. The van der Waals surface area contributed by atoms with Crippen LogP contribution in [0.25, 0.3) is 5.69 Å². The SMILES string of the molecule is Cc1cc(F)c(-n2nc(C(F)(F)F)nc2N)cc1C(S)C(F)(F)F. The Kier molecular flexibility index (Phi) is 4.46. The lowest BCUT2D eigenvalue weighted by atomic mass is 10.0. The molecule has 1 aromatic heterocycles. The number of aromatic nitrogens is 3. The molecule has 0 radical (unpaired) electrons. The predicted octanol–water partition coefficient (Wildman–Crippen LogP) is 3.85. The number of nitrogens with zero attached hydrogens (tertiary/aromatic N) is 3. The first-order valence-corrected chi connectivity index (χ1v) is 6.69. The molecule has 2 N–H and O–H groups in total. The molecule has 2 aromatic rings. The molecule has 0 saturated carbocycles. The lowest BCUT2D eigenvalue weighted by molar-refractivity contribution is -0.144. The standard InChI is InChI=1S/C12H9F7N4S/c1-4-2-6(13)7(3-5(4)8(24)11(14,15)16)23-10(20)21-9(22-23)12(17,18)19/h2-3,8,24H,1H3,(H2,20,21,22). The van der Waals surface area contributed by atoms with Gasteiger partial charge in [-0.1, -0.05) is 0 Å². The molecule has 0 fully saturated rings. The quantitative estimate of drug-likeness (QED) is 0.620. The number of hydrogen-bond donors (Lipinski definition) is 2. The van der Waals surface area contributed by atoms with Gasteiger partial charge in [0, 0.05) is 0 Å². The average molecular weight is 374 g/mol. The van der Waals surface area contributed by atoms with Gasteiger partial charge in [-0.3, -0.25) is 0 Å². The van der Waals surface area contributed by atoms with E-state index >= 15 is 0 Å². The van der Waals surface area contributed by atoms with E-state index in [1.807, 2.05) is 0 Å². The largest absolute Gasteiger partial charge is 0.453 e. The number of thiol groups is 1. The van der Waals surface area contributed by atoms with Crippen molar-refractivity contribution in [3.05, 3.63) is 34.9 Å². The Bertz CT molecular complexity index is 766. The van der Waals surface area contributed by atoms with Crippen LogP contribution in [0.1, 0.15) is 22.2 Å². The second-order valence-corrected chi connectivity index (χ2v) is 5.32. The Morgan fingerprint density at radius 3 is 2.21 bits per heavy atom. The van der Waals surface area contributed by atoms with E-state index < -0.39 is 46.4 Å². The van der Waals surface area contributed by atoms with Crippen molar-refractivity contribution in [1.82, 2.24) is 14.8 Å². The van der Waals surface area contributed by atoms with Gasteiger partial charge in [0.15, 0.2) is 0 Å². The molecule has 4 nitrogen and oxygen atoms in total. The third-order valence-corrected chi connectivity index (χ3v) is 3.62. The number of aryl methyl sites for hydroxylation is 1. The molecular weight excluding hydrogens is 365 g/mol. The fourth-order valence-corrected chi connectivity index (χ4v) is 2.21. The second-order valence-electron chi connectivity index (χ2n) is 4.81. The van der Waals surface area contributed by atoms with Gasteiger partial charge in [0.05, 0.1) is 0 Å². The number of rotatable bonds is 2. The van der Waals surface area contributed by atoms with Gasteiger partial charge in [0.1, 0.15) is 16.8 Å². The van der Waals surface area contributed by atoms with Crippen LogP contribution in [0.15, 0.2) is 12.1 Å². The minimum absolute atomic E-state index is 0.0803. The molecule has 132 valence electrons. The van der Waals surface area contributed by atoms with E-state index in [1.165, 1.54) is 6.92 Å². The van der Waals surface area contributed by atoms with E-state index in [9.17, 15) is 30.7 Å². The molecular formula is C12H9F7N4S. The fraction of sp³-hybridized carbons (Fsp3) is 0.333. The van der Waals surface area contributed by atoms with E-state index in [4.69, 9.17) is 5.73 Å². The maximum Gasteiger partial charge on any atom is 0.453 e. The van der Waals surface area contributed by atoms with Gasteiger partial charge < -0.3 is 5.73 Å². The van der Waals surface area contributed by atoms with Gasteiger partial charge in [0.25, 0.3) is 5.82 Å². The molecule has 0 aliphatic rings. The molecule has 0 bridgehead atoms. The van der Waals surface area contributed by atoms with Gasteiger partial charge in [-0.2, -0.15) is 48.6 Å². The summed E-state index contributed by atoms with van der Waals surface area (Å²) in [6, 6.07) is 1.43. The Hall–Kier alpha value is -1.98. The molecule has 12 heteroatoms. The van der Waals surface area contributed by atoms with Crippen LogP contribution < -0.4 is 5.73 Å². The summed E-state index contributed by atoms with van der Waals surface area (Å²) in [6.45, 7) is 1.21. The van der Waals surface area contributed by atoms with E-state index in [-0.39, 0.29) is 10.2 Å². The summed E-state index contributed by atoms with van der Waals surface area (Å²) in [7, 11) is 0. The smallest absolute Gasteiger partial charge is 0.368 e. The van der Waals surface area contributed by atoms with E-state index in [2.05, 4.69) is 22.7 Å². The van der Waals surface area contributed by atoms with Gasteiger partial charge in [-0.05, 0) is 30.2 Å². The highest BCUT2D eigenvalue weighted by Crippen LogP contribution is 2.40. The number of nitrogen functional groups attached to an aromatic ring is 1. The van der Waals surface area contributed by atoms with Gasteiger partial charge in [0.2, 0.25) is 5.95 Å². The molecule has 0 aliphatic heterocycles. The van der Waals surface area contributed by atoms with Crippen LogP contribution >= 0.6 is 12.6 Å². The van der Waals surface area contributed by atoms with Crippen LogP contribution in [-0.2, 0) is 6.18 Å². The normalized spacial score (nSPS) is 14.0. The lowest BCUT2D eigenvalue weighted by Crippen LogP contribution is -2.18. The summed E-state index contributed by atoms with van der Waals surface area (Å²) in [5.41, 5.74) is 4.06. The molecule has 0 amide bonds. The summed E-state index contributed by atoms with van der Waals surface area (Å²) in [5, 5.41) is 0.753. The highest BCUT2D eigenvalue weighted by molar-refractivity contribution is 7.80. The zero-order valence-corrected chi connectivity index (χ0v) is 12.6. The summed E-state index contributed by atoms with van der Waals surface area (Å²) in [6.07, 6.45) is -9.69. The topological polar surface area (TPSA) is 56.7 Å². The Labute approximate surface area is 135 Å². The third kappa shape index (κ3) is 3.42. The minimum atomic E-state index is -4.94. The number of hydrogen-bond acceptors (Lipinski definition) is 4. The summed E-state index contributed by atoms with van der Waals surface area (Å²) in [5.74, 6) is -3.57. The molecule has 1 aromatic carbocycles. The number of nitrogens with two attached hydrogens (primary N) is 1. The highest BCUT2D eigenvalue weighted by Gasteiger charge is 2.40. The van der Waals surface area contributed by atoms with E-state index in [0.29, 0.717) is 6.07 Å². The van der Waals surface area contributed by atoms with Crippen molar-refractivity contribution >= 4 is 18.6 Å². The summed E-state index contributed by atoms with van der Waals surface area (Å²) < 4.78 is 90.5. The van der Waals surface area contributed by atoms with Crippen molar-refractivity contribution in [2.75, 3.05) is 5.73 Å². The van der Waals surface area contributed by atoms with Crippen molar-refractivity contribution in [2.45, 2.75) is 24.5 Å². The zero-order valence-electron chi connectivity index (χ0n) is 11.7. The van der Waals surface area contributed by atoms with Crippen LogP contribution in [-0.4, -0.2) is 20.9 Å². The maximum atomic E-state index is 14.0. The lowest BCUT2D eigenvalue weighted by Gasteiger charge is -2.18. The number of benzene rings is 1. The maximum absolute atomic E-state index is 14.0. The van der Waals surface area contributed by atoms with Gasteiger partial charge in [-0.15, -0.1) is 5.10 Å². The van der Waals surface area contributed by atoms with Crippen LogP contribution in [0, 0.1) is 12.7 Å².